The Kier molecular flexibility index (Phi) is 11.5. The molecule has 2 saturated heterocycles. The molecular weight excluding hydrogens is 894 g/mol. The van der Waals surface area contributed by atoms with Gasteiger partial charge in [-0.25, -0.2) is 28.3 Å². The summed E-state index contributed by atoms with van der Waals surface area (Å²) in [4.78, 5) is 84.4. The number of aryl methyl sites for hydroxylation is 2. The summed E-state index contributed by atoms with van der Waals surface area (Å²) in [5.74, 6) is -1.69. The Morgan fingerprint density at radius 1 is 0.794 bits per heavy atom. The minimum Gasteiger partial charge on any atom is -0.505 e. The molecule has 5 N–H and O–H groups in total. The third-order valence-corrected chi connectivity index (χ3v) is 11.0. The highest BCUT2D eigenvalue weighted by molar-refractivity contribution is 9.10. The largest absolute Gasteiger partial charge is 0.505 e. The Morgan fingerprint density at radius 3 is 1.83 bits per heavy atom. The number of rotatable bonds is 7. The summed E-state index contributed by atoms with van der Waals surface area (Å²) in [6.45, 7) is 3.33. The van der Waals surface area contributed by atoms with Crippen molar-refractivity contribution in [3.05, 3.63) is 110 Å². The monoisotopic (exact) mass is 928 g/mol. The molecule has 63 heavy (non-hydrogen) atoms. The van der Waals surface area contributed by atoms with Crippen molar-refractivity contribution >= 4 is 62.7 Å². The summed E-state index contributed by atoms with van der Waals surface area (Å²) in [6.07, 6.45) is 5.37. The first kappa shape index (κ1) is 43.5. The lowest BCUT2D eigenvalue weighted by molar-refractivity contribution is -0.125. The van der Waals surface area contributed by atoms with Crippen molar-refractivity contribution in [2.24, 2.45) is 0 Å². The summed E-state index contributed by atoms with van der Waals surface area (Å²) in [6, 6.07) is 13.0. The van der Waals surface area contributed by atoms with Crippen LogP contribution in [0.5, 0.6) is 17.2 Å². The van der Waals surface area contributed by atoms with E-state index in [4.69, 9.17) is 25.4 Å². The van der Waals surface area contributed by atoms with Crippen LogP contribution in [-0.2, 0) is 28.2 Å². The zero-order chi connectivity index (χ0) is 45.5. The fourth-order valence-electron chi connectivity index (χ4n) is 7.29. The number of pyridine rings is 2. The number of hydrogen-bond donors (Lipinski definition) is 5. The van der Waals surface area contributed by atoms with Crippen LogP contribution in [0.25, 0.3) is 11.1 Å². The molecule has 18 nitrogen and oxygen atoms in total. The van der Waals surface area contributed by atoms with Gasteiger partial charge < -0.3 is 39.4 Å². The van der Waals surface area contributed by atoms with Gasteiger partial charge in [-0.05, 0) is 77.3 Å². The van der Waals surface area contributed by atoms with Crippen LogP contribution in [0.15, 0.2) is 63.6 Å². The van der Waals surface area contributed by atoms with Crippen molar-refractivity contribution in [2.75, 3.05) is 27.3 Å². The summed E-state index contributed by atoms with van der Waals surface area (Å²) < 4.78 is 45.1. The molecule has 4 aliphatic heterocycles. The van der Waals surface area contributed by atoms with Gasteiger partial charge in [-0.15, -0.1) is 6.42 Å². The number of aromatic nitrogens is 2. The van der Waals surface area contributed by atoms with E-state index in [1.807, 2.05) is 19.2 Å². The number of carbonyl (C=O) groups excluding carboxylic acids is 6. The van der Waals surface area contributed by atoms with E-state index >= 15 is 0 Å². The number of fused-ring (bicyclic) bond motifs is 3. The number of benzene rings is 2. The number of nitrogens with zero attached hydrogens (tertiary/aromatic N) is 4. The summed E-state index contributed by atoms with van der Waals surface area (Å²) in [7, 11) is 2.61. The zero-order valence-electron chi connectivity index (χ0n) is 33.6. The summed E-state index contributed by atoms with van der Waals surface area (Å²) in [5.41, 5.74) is -0.0455. The van der Waals surface area contributed by atoms with Gasteiger partial charge in [0.2, 0.25) is 0 Å². The van der Waals surface area contributed by atoms with E-state index in [9.17, 15) is 37.5 Å². The fraction of sp³-hybridized carbons (Fsp3) is 0.238. The number of carbonyl (C=O) groups is 6. The first-order valence-corrected chi connectivity index (χ1v) is 19.5. The highest BCUT2D eigenvalue weighted by atomic mass is 79.9. The first-order valence-electron chi connectivity index (χ1n) is 18.7. The maximum Gasteiger partial charge on any atom is 0.323 e. The third-order valence-electron chi connectivity index (χ3n) is 10.4. The molecule has 0 bridgehead atoms. The number of terminal acetylenes is 1. The van der Waals surface area contributed by atoms with E-state index in [0.717, 1.165) is 11.4 Å². The summed E-state index contributed by atoms with van der Waals surface area (Å²) in [5, 5.41) is 18.1. The van der Waals surface area contributed by atoms with Crippen molar-refractivity contribution in [1.29, 1.82) is 0 Å². The minimum absolute atomic E-state index is 0.0440. The average Bonchev–Trinajstić information content (AvgIpc) is 4.03. The quantitative estimate of drug-likeness (QED) is 0.0891. The molecule has 9 rings (SSSR count). The van der Waals surface area contributed by atoms with Crippen LogP contribution in [-0.4, -0.2) is 93.4 Å². The Balaban J connectivity index is 0.000000163. The van der Waals surface area contributed by atoms with Crippen LogP contribution in [0.1, 0.15) is 49.0 Å². The molecule has 2 atom stereocenters. The van der Waals surface area contributed by atoms with Gasteiger partial charge in [-0.1, -0.05) is 18.1 Å². The van der Waals surface area contributed by atoms with Gasteiger partial charge in [0.05, 0.1) is 38.4 Å². The van der Waals surface area contributed by atoms with Crippen LogP contribution in [0.3, 0.4) is 0 Å². The van der Waals surface area contributed by atoms with Crippen molar-refractivity contribution in [1.82, 2.24) is 41.0 Å². The van der Waals surface area contributed by atoms with Gasteiger partial charge >= 0.3 is 12.1 Å². The molecule has 0 saturated carbocycles. The van der Waals surface area contributed by atoms with E-state index < -0.39 is 58.4 Å². The van der Waals surface area contributed by atoms with Gasteiger partial charge in [0.25, 0.3) is 23.6 Å². The molecule has 21 heteroatoms. The number of amides is 8. The maximum atomic E-state index is 14.7. The van der Waals surface area contributed by atoms with E-state index in [1.54, 1.807) is 42.5 Å². The van der Waals surface area contributed by atoms with Crippen LogP contribution in [0.2, 0.25) is 0 Å². The van der Waals surface area contributed by atoms with Gasteiger partial charge in [-0.3, -0.25) is 29.8 Å². The Bertz CT molecular complexity index is 2830. The maximum absolute atomic E-state index is 14.7. The molecule has 5 aromatic rings. The van der Waals surface area contributed by atoms with Crippen LogP contribution >= 0.6 is 15.9 Å². The van der Waals surface area contributed by atoms with Crippen molar-refractivity contribution in [2.45, 2.75) is 38.0 Å². The van der Waals surface area contributed by atoms with E-state index in [-0.39, 0.29) is 60.3 Å². The number of nitrogens with one attached hydrogen (secondary N) is 4. The first-order chi connectivity index (χ1) is 29.9. The molecule has 324 valence electrons. The molecule has 0 unspecified atom stereocenters. The number of ether oxygens (including phenoxy) is 2. The van der Waals surface area contributed by atoms with Crippen molar-refractivity contribution in [3.63, 3.8) is 0 Å². The topological polar surface area (TPSA) is 235 Å². The normalized spacial score (nSPS) is 19.5. The van der Waals surface area contributed by atoms with Crippen molar-refractivity contribution < 1.29 is 56.5 Å². The predicted molar refractivity (Wildman–Crippen MR) is 219 cm³/mol. The number of halogens is 3. The standard InChI is InChI=1S/C21H17FN4O5.C15H12FN3O4.C6H6BrNO/c1-10-3-5-13-12(23-10)7-15(31-13)21(19(28)24-20(29)25-21)9-26-8-11-4-6-14(30-2)17(22)16(11)18(26)27;1-3-15(13(21)17-14(22)18-15)7-19-6-8-4-5-9(23-2)11(16)10(8)12(19)20;1-4-2-3-5(9)6(7)8-4/h3-7H,8-9H2,1-2H3,(H2,24,25,28,29);1,4-5H,6-7H2,2H3,(H2,17,18,21,22);2-3,9H,1H3/t21-;15-;/m01./s1. The fourth-order valence-corrected chi connectivity index (χ4v) is 7.70. The Morgan fingerprint density at radius 2 is 1.33 bits per heavy atom. The molecule has 7 heterocycles. The molecule has 8 amide bonds. The van der Waals surface area contributed by atoms with Gasteiger partial charge in [-0.2, -0.15) is 0 Å². The molecule has 3 aromatic heterocycles. The molecular formula is C42H35BrF2N8O10. The second-order valence-electron chi connectivity index (χ2n) is 14.5. The number of aromatic hydroxyl groups is 1. The second kappa shape index (κ2) is 16.7. The number of furan rings is 1. The molecule has 2 fully saturated rings. The highest BCUT2D eigenvalue weighted by Crippen LogP contribution is 2.36. The molecule has 0 spiro atoms. The van der Waals surface area contributed by atoms with Gasteiger partial charge in [0.1, 0.15) is 21.6 Å². The zero-order valence-corrected chi connectivity index (χ0v) is 35.2. The third kappa shape index (κ3) is 7.91. The van der Waals surface area contributed by atoms with Gasteiger partial charge in [0, 0.05) is 30.5 Å². The van der Waals surface area contributed by atoms with E-state index in [0.29, 0.717) is 26.8 Å². The number of urea groups is 2. The highest BCUT2D eigenvalue weighted by Gasteiger charge is 2.53. The smallest absolute Gasteiger partial charge is 0.323 e. The number of methoxy groups -OCH3 is 2. The molecule has 4 aliphatic rings. The van der Waals surface area contributed by atoms with E-state index in [2.05, 4.69) is 47.8 Å². The minimum atomic E-state index is -1.68. The SMILES string of the molecule is C#C[C@]1(CN2Cc3ccc(OC)c(F)c3C2=O)NC(=O)NC1=O.COc1ccc2c(c1F)C(=O)N(C[C@@]1(c3cc4nc(C)ccc4o3)NC(=O)NC1=O)C2.Cc1ccc(O)c(Br)n1. The summed E-state index contributed by atoms with van der Waals surface area (Å²) >= 11 is 3.08. The Labute approximate surface area is 364 Å². The molecule has 0 radical (unpaired) electrons. The van der Waals surface area contributed by atoms with E-state index in [1.165, 1.54) is 36.2 Å². The lowest BCUT2D eigenvalue weighted by Gasteiger charge is -2.28. The lowest BCUT2D eigenvalue weighted by Crippen LogP contribution is -2.54. The predicted octanol–water partition coefficient (Wildman–Crippen LogP) is 3.83. The van der Waals surface area contributed by atoms with Crippen LogP contribution < -0.4 is 30.7 Å². The molecule has 2 aromatic carbocycles. The van der Waals surface area contributed by atoms with Crippen LogP contribution in [0.4, 0.5) is 18.4 Å². The van der Waals surface area contributed by atoms with Crippen molar-refractivity contribution in [3.8, 4) is 29.6 Å². The van der Waals surface area contributed by atoms with Gasteiger partial charge in [0.15, 0.2) is 39.8 Å². The molecule has 0 aliphatic carbocycles. The average molecular weight is 930 g/mol. The second-order valence-corrected chi connectivity index (χ2v) is 15.3. The Hall–Kier alpha value is -7.60. The van der Waals surface area contributed by atoms with Crippen LogP contribution in [0, 0.1) is 37.8 Å². The number of hydrogen-bond acceptors (Lipinski definition) is 12. The lowest BCUT2D eigenvalue weighted by atomic mass is 9.95. The number of imide groups is 2.